The number of carboxylic acids is 1. The molecule has 3 rings (SSSR count). The van der Waals surface area contributed by atoms with Gasteiger partial charge in [0.15, 0.2) is 22.9 Å². The zero-order chi connectivity index (χ0) is 19.7. The average molecular weight is 394 g/mol. The summed E-state index contributed by atoms with van der Waals surface area (Å²) in [5.41, 5.74) is -0.627. The molecule has 11 heteroatoms. The minimum atomic E-state index is -1.34. The summed E-state index contributed by atoms with van der Waals surface area (Å²) in [7, 11) is 0. The van der Waals surface area contributed by atoms with Crippen molar-refractivity contribution in [2.75, 3.05) is 6.54 Å². The Morgan fingerprint density at radius 1 is 1.15 bits per heavy atom. The molecule has 2 heterocycles. The second-order valence-electron chi connectivity index (χ2n) is 5.30. The number of nitrogens with one attached hydrogen (secondary N) is 1. The molecular formula is C16H12ClN3O7. The molecule has 10 nitrogen and oxygen atoms in total. The van der Waals surface area contributed by atoms with Crippen LogP contribution in [0.5, 0.6) is 11.5 Å². The highest BCUT2D eigenvalue weighted by Crippen LogP contribution is 2.42. The summed E-state index contributed by atoms with van der Waals surface area (Å²) < 4.78 is 10.2. The van der Waals surface area contributed by atoms with Gasteiger partial charge in [-0.3, -0.25) is 4.79 Å². The van der Waals surface area contributed by atoms with E-state index in [4.69, 9.17) is 25.8 Å². The third kappa shape index (κ3) is 3.29. The van der Waals surface area contributed by atoms with Crippen molar-refractivity contribution in [3.63, 3.8) is 0 Å². The molecule has 0 aliphatic carbocycles. The number of aromatic carboxylic acids is 1. The molecule has 0 radical (unpaired) electrons. The largest absolute Gasteiger partial charge is 0.507 e. The third-order valence-corrected chi connectivity index (χ3v) is 3.83. The maximum atomic E-state index is 12.3. The number of aromatic hydroxyl groups is 2. The van der Waals surface area contributed by atoms with Gasteiger partial charge in [-0.25, -0.2) is 4.79 Å². The number of hydrogen-bond donors (Lipinski definition) is 4. The van der Waals surface area contributed by atoms with Crippen molar-refractivity contribution in [3.8, 4) is 34.1 Å². The van der Waals surface area contributed by atoms with Gasteiger partial charge in [-0.05, 0) is 13.0 Å². The molecule has 0 saturated heterocycles. The summed E-state index contributed by atoms with van der Waals surface area (Å²) in [6.45, 7) is 1.99. The molecule has 2 aromatic heterocycles. The van der Waals surface area contributed by atoms with Crippen molar-refractivity contribution >= 4 is 23.5 Å². The van der Waals surface area contributed by atoms with Crippen molar-refractivity contribution < 1.29 is 34.0 Å². The number of rotatable bonds is 5. The fourth-order valence-electron chi connectivity index (χ4n) is 2.33. The van der Waals surface area contributed by atoms with Gasteiger partial charge in [0.1, 0.15) is 17.1 Å². The lowest BCUT2D eigenvalue weighted by Crippen LogP contribution is -2.23. The number of carbonyl (C=O) groups excluding carboxylic acids is 1. The van der Waals surface area contributed by atoms with Crippen molar-refractivity contribution in [1.82, 2.24) is 15.6 Å². The highest BCUT2D eigenvalue weighted by molar-refractivity contribution is 6.32. The highest BCUT2D eigenvalue weighted by atomic mass is 35.5. The number of amides is 1. The molecule has 0 aliphatic heterocycles. The van der Waals surface area contributed by atoms with E-state index in [1.807, 2.05) is 0 Å². The van der Waals surface area contributed by atoms with Gasteiger partial charge >= 0.3 is 5.97 Å². The van der Waals surface area contributed by atoms with E-state index in [9.17, 15) is 19.8 Å². The molecule has 1 amide bonds. The minimum Gasteiger partial charge on any atom is -0.507 e. The van der Waals surface area contributed by atoms with Crippen LogP contribution in [0.25, 0.3) is 22.6 Å². The van der Waals surface area contributed by atoms with Crippen molar-refractivity contribution in [2.45, 2.75) is 6.92 Å². The first kappa shape index (κ1) is 18.3. The molecule has 0 bridgehead atoms. The number of aromatic nitrogens is 2. The smallest absolute Gasteiger partial charge is 0.358 e. The van der Waals surface area contributed by atoms with Crippen LogP contribution in [0.4, 0.5) is 0 Å². The molecule has 4 N–H and O–H groups in total. The number of carboxylic acid groups (broad SMARTS) is 1. The van der Waals surface area contributed by atoms with Crippen LogP contribution in [0.15, 0.2) is 27.2 Å². The zero-order valence-electron chi connectivity index (χ0n) is 13.7. The van der Waals surface area contributed by atoms with Crippen LogP contribution in [-0.2, 0) is 0 Å². The molecular weight excluding hydrogens is 382 g/mol. The molecule has 0 fully saturated rings. The van der Waals surface area contributed by atoms with Crippen molar-refractivity contribution in [1.29, 1.82) is 0 Å². The van der Waals surface area contributed by atoms with Gasteiger partial charge in [0, 0.05) is 18.7 Å². The summed E-state index contributed by atoms with van der Waals surface area (Å²) in [6, 6.07) is 3.27. The number of benzene rings is 1. The van der Waals surface area contributed by atoms with Crippen LogP contribution < -0.4 is 5.32 Å². The monoisotopic (exact) mass is 393 g/mol. The summed E-state index contributed by atoms with van der Waals surface area (Å²) in [4.78, 5) is 23.4. The summed E-state index contributed by atoms with van der Waals surface area (Å²) in [6.07, 6.45) is 0. The second kappa shape index (κ2) is 7.00. The first-order valence-electron chi connectivity index (χ1n) is 7.53. The summed E-state index contributed by atoms with van der Waals surface area (Å²) in [5.74, 6) is -2.96. The Kier molecular flexibility index (Phi) is 4.74. The topological polar surface area (TPSA) is 159 Å². The fraction of sp³-hybridized carbons (Fsp3) is 0.125. The summed E-state index contributed by atoms with van der Waals surface area (Å²) in [5, 5.41) is 38.3. The quantitative estimate of drug-likeness (QED) is 0.510. The number of phenols is 2. The van der Waals surface area contributed by atoms with Crippen LogP contribution in [0.1, 0.15) is 27.9 Å². The molecule has 27 heavy (non-hydrogen) atoms. The lowest BCUT2D eigenvalue weighted by molar-refractivity contribution is 0.0685. The summed E-state index contributed by atoms with van der Waals surface area (Å²) >= 11 is 5.88. The van der Waals surface area contributed by atoms with Crippen molar-refractivity contribution in [2.24, 2.45) is 0 Å². The predicted molar refractivity (Wildman–Crippen MR) is 90.7 cm³/mol. The van der Waals surface area contributed by atoms with E-state index in [0.29, 0.717) is 6.54 Å². The van der Waals surface area contributed by atoms with Crippen LogP contribution >= 0.6 is 11.6 Å². The molecule has 0 atom stereocenters. The van der Waals surface area contributed by atoms with Gasteiger partial charge in [-0.15, -0.1) is 0 Å². The van der Waals surface area contributed by atoms with Crippen LogP contribution in [0.2, 0.25) is 5.02 Å². The Hall–Kier alpha value is -3.53. The van der Waals surface area contributed by atoms with Gasteiger partial charge in [0.2, 0.25) is 0 Å². The van der Waals surface area contributed by atoms with Gasteiger partial charge in [-0.1, -0.05) is 21.9 Å². The van der Waals surface area contributed by atoms with E-state index in [1.54, 1.807) is 6.92 Å². The van der Waals surface area contributed by atoms with E-state index < -0.39 is 23.3 Å². The van der Waals surface area contributed by atoms with E-state index in [0.717, 1.165) is 12.1 Å². The minimum absolute atomic E-state index is 0.00382. The third-order valence-electron chi connectivity index (χ3n) is 3.53. The Morgan fingerprint density at radius 2 is 1.89 bits per heavy atom. The predicted octanol–water partition coefficient (Wildman–Crippen LogP) is 2.51. The normalized spacial score (nSPS) is 10.7. The van der Waals surface area contributed by atoms with Crippen molar-refractivity contribution in [3.05, 3.63) is 34.6 Å². The molecule has 140 valence electrons. The zero-order valence-corrected chi connectivity index (χ0v) is 14.4. The SMILES string of the molecule is CCNC(=O)c1noc(-c2cc(Cl)c(O)cc2O)c1-c1cc(C(=O)O)no1. The lowest BCUT2D eigenvalue weighted by atomic mass is 10.0. The number of carbonyl (C=O) groups is 2. The van der Waals surface area contributed by atoms with Crippen LogP contribution in [-0.4, -0.2) is 44.1 Å². The van der Waals surface area contributed by atoms with E-state index in [1.165, 1.54) is 6.07 Å². The number of phenolic OH excluding ortho intramolecular Hbond substituents is 2. The maximum Gasteiger partial charge on any atom is 0.358 e. The first-order valence-corrected chi connectivity index (χ1v) is 7.91. The van der Waals surface area contributed by atoms with Crippen LogP contribution in [0, 0.1) is 0 Å². The average Bonchev–Trinajstić information content (AvgIpc) is 3.25. The molecule has 0 spiro atoms. The second-order valence-corrected chi connectivity index (χ2v) is 5.70. The maximum absolute atomic E-state index is 12.3. The number of nitrogens with zero attached hydrogens (tertiary/aromatic N) is 2. The highest BCUT2D eigenvalue weighted by Gasteiger charge is 2.29. The Bertz CT molecular complexity index is 1040. The Morgan fingerprint density at radius 3 is 2.52 bits per heavy atom. The van der Waals surface area contributed by atoms with E-state index in [-0.39, 0.29) is 39.1 Å². The number of hydrogen-bond acceptors (Lipinski definition) is 8. The van der Waals surface area contributed by atoms with E-state index >= 15 is 0 Å². The lowest BCUT2D eigenvalue weighted by Gasteiger charge is -2.05. The van der Waals surface area contributed by atoms with Gasteiger partial charge < -0.3 is 29.7 Å². The molecule has 0 aliphatic rings. The van der Waals surface area contributed by atoms with Gasteiger partial charge in [0.05, 0.1) is 10.6 Å². The van der Waals surface area contributed by atoms with Crippen LogP contribution in [0.3, 0.4) is 0 Å². The van der Waals surface area contributed by atoms with Gasteiger partial charge in [0.25, 0.3) is 5.91 Å². The molecule has 3 aromatic rings. The molecule has 1 aromatic carbocycles. The first-order chi connectivity index (χ1) is 12.8. The van der Waals surface area contributed by atoms with Gasteiger partial charge in [-0.2, -0.15) is 0 Å². The Balaban J connectivity index is 2.24. The van der Waals surface area contributed by atoms with E-state index in [2.05, 4.69) is 15.6 Å². The molecule has 0 unspecified atom stereocenters. The number of halogens is 1. The molecule has 0 saturated carbocycles. The fourth-order valence-corrected chi connectivity index (χ4v) is 2.49. The standard InChI is InChI=1S/C16H12ClN3O7/c1-2-18-15(23)13-12(11-4-8(16(24)25)19-26-11)14(27-20-13)6-3-7(17)10(22)5-9(6)21/h3-5,21-22H,2H2,1H3,(H,18,23)(H,24,25). The Labute approximate surface area is 155 Å².